The lowest BCUT2D eigenvalue weighted by Gasteiger charge is -2.28. The number of ether oxygens (including phenoxy) is 2. The number of nitrogens with zero attached hydrogens (tertiary/aromatic N) is 2. The van der Waals surface area contributed by atoms with Crippen LogP contribution in [0.25, 0.3) is 22.4 Å². The van der Waals surface area contributed by atoms with Crippen LogP contribution in [0.4, 0.5) is 0 Å². The Morgan fingerprint density at radius 1 is 1.03 bits per heavy atom. The number of carboxylic acid groups (broad SMARTS) is 1. The fourth-order valence-electron chi connectivity index (χ4n) is 5.00. The predicted octanol–water partition coefficient (Wildman–Crippen LogP) is 5.70. The summed E-state index contributed by atoms with van der Waals surface area (Å²) in [5, 5.41) is 13.9. The van der Waals surface area contributed by atoms with Crippen molar-refractivity contribution in [1.29, 1.82) is 0 Å². The van der Waals surface area contributed by atoms with Crippen molar-refractivity contribution in [3.63, 3.8) is 0 Å². The van der Waals surface area contributed by atoms with Crippen molar-refractivity contribution in [3.8, 4) is 28.1 Å². The largest absolute Gasteiger partial charge is 0.497 e. The van der Waals surface area contributed by atoms with Crippen molar-refractivity contribution in [2.24, 2.45) is 11.8 Å². The topological polar surface area (TPSA) is 73.6 Å². The van der Waals surface area contributed by atoms with Crippen molar-refractivity contribution in [2.75, 3.05) is 20.3 Å². The van der Waals surface area contributed by atoms with E-state index in [-0.39, 0.29) is 6.61 Å². The molecule has 2 aromatic carbocycles. The first kappa shape index (κ1) is 24.0. The molecule has 1 fully saturated rings. The summed E-state index contributed by atoms with van der Waals surface area (Å²) in [6, 6.07) is 18.8. The van der Waals surface area contributed by atoms with Crippen LogP contribution in [-0.4, -0.2) is 41.2 Å². The number of carbonyl (C=O) groups is 1. The van der Waals surface area contributed by atoms with E-state index in [9.17, 15) is 4.79 Å². The molecular weight excluding hydrogens is 428 g/mol. The van der Waals surface area contributed by atoms with Crippen LogP contribution < -0.4 is 4.74 Å². The first-order valence-corrected chi connectivity index (χ1v) is 12.2. The first-order valence-electron chi connectivity index (χ1n) is 12.2. The maximum atomic E-state index is 10.7. The molecule has 1 aliphatic carbocycles. The molecule has 180 valence electrons. The number of hydrogen-bond acceptors (Lipinski definition) is 4. The van der Waals surface area contributed by atoms with Crippen molar-refractivity contribution in [1.82, 2.24) is 9.78 Å². The third-order valence-electron chi connectivity index (χ3n) is 6.74. The highest BCUT2D eigenvalue weighted by atomic mass is 16.5. The van der Waals surface area contributed by atoms with Crippen LogP contribution in [0, 0.1) is 11.8 Å². The summed E-state index contributed by atoms with van der Waals surface area (Å²) in [7, 11) is 1.70. The van der Waals surface area contributed by atoms with E-state index in [1.54, 1.807) is 7.11 Å². The Balaban J connectivity index is 1.59. The number of carboxylic acids is 1. The van der Waals surface area contributed by atoms with Gasteiger partial charge >= 0.3 is 5.97 Å². The van der Waals surface area contributed by atoms with E-state index in [1.165, 1.54) is 11.1 Å². The Morgan fingerprint density at radius 3 is 2.41 bits per heavy atom. The van der Waals surface area contributed by atoms with Gasteiger partial charge in [0, 0.05) is 17.7 Å². The van der Waals surface area contributed by atoms with E-state index in [2.05, 4.69) is 48.0 Å². The fourth-order valence-corrected chi connectivity index (χ4v) is 5.00. The highest BCUT2D eigenvalue weighted by molar-refractivity contribution is 5.83. The summed E-state index contributed by atoms with van der Waals surface area (Å²) in [6.45, 7) is 3.37. The van der Waals surface area contributed by atoms with Crippen LogP contribution in [-0.2, 0) is 22.5 Å². The van der Waals surface area contributed by atoms with Crippen molar-refractivity contribution in [3.05, 3.63) is 60.3 Å². The van der Waals surface area contributed by atoms with Gasteiger partial charge in [0.05, 0.1) is 25.1 Å². The molecule has 0 unspecified atom stereocenters. The second kappa shape index (κ2) is 11.3. The standard InChI is InChI=1S/C28H34N2O4/c1-3-25-27(23-10-7-11-24(16-23)33-2)28(22-8-5-4-6-9-22)30(29-25)17-20-12-14-21(15-13-20)18-34-19-26(31)32/h4-11,16,20-21H,3,12-15,17-19H2,1-2H3,(H,31,32)/t20-,21-. The Labute approximate surface area is 201 Å². The van der Waals surface area contributed by atoms with Crippen molar-refractivity contribution >= 4 is 5.97 Å². The molecule has 3 aromatic rings. The molecule has 1 N–H and O–H groups in total. The number of aliphatic carboxylic acids is 1. The lowest BCUT2D eigenvalue weighted by Crippen LogP contribution is -2.23. The Bertz CT molecular complexity index is 1090. The smallest absolute Gasteiger partial charge is 0.329 e. The Kier molecular flexibility index (Phi) is 8.01. The van der Waals surface area contributed by atoms with Gasteiger partial charge < -0.3 is 14.6 Å². The lowest BCUT2D eigenvalue weighted by molar-refractivity contribution is -0.142. The van der Waals surface area contributed by atoms with Crippen LogP contribution in [0.15, 0.2) is 54.6 Å². The molecule has 6 heteroatoms. The van der Waals surface area contributed by atoms with Gasteiger partial charge in [0.1, 0.15) is 12.4 Å². The first-order chi connectivity index (χ1) is 16.6. The van der Waals surface area contributed by atoms with Gasteiger partial charge in [-0.15, -0.1) is 0 Å². The van der Waals surface area contributed by atoms with Gasteiger partial charge in [-0.25, -0.2) is 4.79 Å². The van der Waals surface area contributed by atoms with Crippen molar-refractivity contribution in [2.45, 2.75) is 45.6 Å². The van der Waals surface area contributed by atoms with E-state index in [0.717, 1.165) is 61.3 Å². The van der Waals surface area contributed by atoms with Crippen LogP contribution >= 0.6 is 0 Å². The van der Waals surface area contributed by atoms with Crippen LogP contribution in [0.5, 0.6) is 5.75 Å². The Hall–Kier alpha value is -3.12. The summed E-state index contributed by atoms with van der Waals surface area (Å²) in [6.07, 6.45) is 5.19. The minimum Gasteiger partial charge on any atom is -0.497 e. The number of methoxy groups -OCH3 is 1. The van der Waals surface area contributed by atoms with E-state index in [4.69, 9.17) is 19.7 Å². The van der Waals surface area contributed by atoms with Gasteiger partial charge in [-0.3, -0.25) is 4.68 Å². The molecule has 4 rings (SSSR count). The summed E-state index contributed by atoms with van der Waals surface area (Å²) in [5.41, 5.74) is 5.74. The molecule has 0 atom stereocenters. The average Bonchev–Trinajstić information content (AvgIpc) is 3.23. The molecule has 0 spiro atoms. The third-order valence-corrected chi connectivity index (χ3v) is 6.74. The number of rotatable bonds is 10. The van der Waals surface area contributed by atoms with Gasteiger partial charge in [-0.1, -0.05) is 49.4 Å². The van der Waals surface area contributed by atoms with Gasteiger partial charge in [0.15, 0.2) is 0 Å². The second-order valence-corrected chi connectivity index (χ2v) is 9.10. The summed E-state index contributed by atoms with van der Waals surface area (Å²) in [4.78, 5) is 10.7. The maximum Gasteiger partial charge on any atom is 0.329 e. The minimum absolute atomic E-state index is 0.208. The van der Waals surface area contributed by atoms with E-state index < -0.39 is 5.97 Å². The Morgan fingerprint density at radius 2 is 1.74 bits per heavy atom. The summed E-state index contributed by atoms with van der Waals surface area (Å²) in [5.74, 6) is 0.926. The van der Waals surface area contributed by atoms with Crippen LogP contribution in [0.1, 0.15) is 38.3 Å². The quantitative estimate of drug-likeness (QED) is 0.419. The monoisotopic (exact) mass is 462 g/mol. The minimum atomic E-state index is -0.903. The van der Waals surface area contributed by atoms with Gasteiger partial charge in [-0.2, -0.15) is 5.10 Å². The number of benzene rings is 2. The number of aryl methyl sites for hydroxylation is 1. The zero-order valence-electron chi connectivity index (χ0n) is 20.1. The fraction of sp³-hybridized carbons (Fsp3) is 0.429. The SMILES string of the molecule is CCc1nn(C[C@H]2CC[C@H](COCC(=O)O)CC2)c(-c2ccccc2)c1-c1cccc(OC)c1. The molecule has 6 nitrogen and oxygen atoms in total. The maximum absolute atomic E-state index is 10.7. The molecule has 0 aliphatic heterocycles. The zero-order valence-corrected chi connectivity index (χ0v) is 20.1. The molecule has 1 aromatic heterocycles. The molecule has 0 saturated heterocycles. The second-order valence-electron chi connectivity index (χ2n) is 9.10. The van der Waals surface area contributed by atoms with E-state index in [1.807, 2.05) is 18.2 Å². The number of hydrogen-bond donors (Lipinski definition) is 1. The molecule has 0 radical (unpaired) electrons. The highest BCUT2D eigenvalue weighted by Gasteiger charge is 2.26. The third kappa shape index (κ3) is 5.68. The molecule has 1 aliphatic rings. The van der Waals surface area contributed by atoms with Crippen LogP contribution in [0.2, 0.25) is 0 Å². The van der Waals surface area contributed by atoms with Gasteiger partial charge in [0.2, 0.25) is 0 Å². The number of aromatic nitrogens is 2. The van der Waals surface area contributed by atoms with Crippen LogP contribution in [0.3, 0.4) is 0 Å². The highest BCUT2D eigenvalue weighted by Crippen LogP contribution is 2.38. The summed E-state index contributed by atoms with van der Waals surface area (Å²) < 4.78 is 13.1. The van der Waals surface area contributed by atoms with Gasteiger partial charge in [-0.05, 0) is 61.6 Å². The molecule has 1 saturated carbocycles. The predicted molar refractivity (Wildman–Crippen MR) is 133 cm³/mol. The molecule has 34 heavy (non-hydrogen) atoms. The molecule has 0 amide bonds. The van der Waals surface area contributed by atoms with Crippen molar-refractivity contribution < 1.29 is 19.4 Å². The molecule has 1 heterocycles. The van der Waals surface area contributed by atoms with E-state index >= 15 is 0 Å². The molecular formula is C28H34N2O4. The average molecular weight is 463 g/mol. The van der Waals surface area contributed by atoms with Gasteiger partial charge in [0.25, 0.3) is 0 Å². The summed E-state index contributed by atoms with van der Waals surface area (Å²) >= 11 is 0. The normalized spacial score (nSPS) is 18.1. The molecule has 0 bridgehead atoms. The lowest BCUT2D eigenvalue weighted by atomic mass is 9.82. The van der Waals surface area contributed by atoms with E-state index in [0.29, 0.717) is 18.4 Å². The zero-order chi connectivity index (χ0) is 23.9.